The van der Waals surface area contributed by atoms with Crippen molar-refractivity contribution in [2.24, 2.45) is 16.8 Å². The fraction of sp³-hybridized carbons (Fsp3) is 0.905. The van der Waals surface area contributed by atoms with Crippen LogP contribution in [0.3, 0.4) is 0 Å². The van der Waals surface area contributed by atoms with E-state index in [0.717, 1.165) is 45.5 Å². The number of likely N-dealkylation sites (tertiary alicyclic amines) is 1. The van der Waals surface area contributed by atoms with E-state index >= 15 is 0 Å². The molecule has 0 spiro atoms. The molecule has 28 heavy (non-hydrogen) atoms. The van der Waals surface area contributed by atoms with Crippen LogP contribution < -0.4 is 10.6 Å². The monoisotopic (exact) mass is 394 g/mol. The van der Waals surface area contributed by atoms with E-state index in [0.29, 0.717) is 30.9 Å². The van der Waals surface area contributed by atoms with E-state index < -0.39 is 6.10 Å². The molecular formula is C21H38N4O3. The molecule has 1 aliphatic heterocycles. The van der Waals surface area contributed by atoms with Crippen molar-refractivity contribution < 1.29 is 14.6 Å². The van der Waals surface area contributed by atoms with Crippen LogP contribution in [0.15, 0.2) is 4.99 Å². The Kier molecular flexibility index (Phi) is 8.40. The van der Waals surface area contributed by atoms with Crippen LogP contribution in [0.4, 0.5) is 0 Å². The first-order valence-electron chi connectivity index (χ1n) is 11.2. The highest BCUT2D eigenvalue weighted by Crippen LogP contribution is 2.29. The van der Waals surface area contributed by atoms with Gasteiger partial charge in [0.25, 0.3) is 0 Å². The third-order valence-corrected chi connectivity index (χ3v) is 5.96. The van der Waals surface area contributed by atoms with Crippen LogP contribution in [0, 0.1) is 11.8 Å². The standard InChI is InChI=1S/C21H38N4O3/c1-2-22-21(23-12-19(26)15-28-14-16-8-9-16)24-18-10-11-25(13-18)20(27)17-6-4-3-5-7-17/h16-19,26H,2-15H2,1H3,(H2,22,23,24). The summed E-state index contributed by atoms with van der Waals surface area (Å²) in [5.41, 5.74) is 0. The molecule has 3 rings (SSSR count). The molecule has 2 aliphatic carbocycles. The van der Waals surface area contributed by atoms with Crippen LogP contribution in [0.25, 0.3) is 0 Å². The third-order valence-electron chi connectivity index (χ3n) is 5.96. The lowest BCUT2D eigenvalue weighted by Gasteiger charge is -2.26. The second-order valence-electron chi connectivity index (χ2n) is 8.60. The lowest BCUT2D eigenvalue weighted by Crippen LogP contribution is -2.46. The van der Waals surface area contributed by atoms with Crippen molar-refractivity contribution in [3.63, 3.8) is 0 Å². The molecule has 1 saturated heterocycles. The molecule has 0 aromatic carbocycles. The number of carbonyl (C=O) groups excluding carboxylic acids is 1. The largest absolute Gasteiger partial charge is 0.389 e. The Balaban J connectivity index is 1.40. The van der Waals surface area contributed by atoms with Gasteiger partial charge in [0.05, 0.1) is 19.3 Å². The second-order valence-corrected chi connectivity index (χ2v) is 8.60. The molecule has 0 radical (unpaired) electrons. The van der Waals surface area contributed by atoms with Crippen molar-refractivity contribution in [2.45, 2.75) is 70.4 Å². The third kappa shape index (κ3) is 6.92. The smallest absolute Gasteiger partial charge is 0.225 e. The number of nitrogens with one attached hydrogen (secondary N) is 2. The molecule has 2 saturated carbocycles. The van der Waals surface area contributed by atoms with Crippen molar-refractivity contribution in [3.8, 4) is 0 Å². The van der Waals surface area contributed by atoms with E-state index in [-0.39, 0.29) is 12.0 Å². The first kappa shape index (κ1) is 21.4. The van der Waals surface area contributed by atoms with Crippen LogP contribution in [-0.2, 0) is 9.53 Å². The van der Waals surface area contributed by atoms with Gasteiger partial charge in [0.1, 0.15) is 0 Å². The fourth-order valence-electron chi connectivity index (χ4n) is 4.10. The number of hydrogen-bond acceptors (Lipinski definition) is 4. The van der Waals surface area contributed by atoms with Crippen molar-refractivity contribution in [1.82, 2.24) is 15.5 Å². The van der Waals surface area contributed by atoms with Crippen LogP contribution in [0.2, 0.25) is 0 Å². The van der Waals surface area contributed by atoms with Gasteiger partial charge in [-0.1, -0.05) is 19.3 Å². The summed E-state index contributed by atoms with van der Waals surface area (Å²) in [5.74, 6) is 1.99. The maximum absolute atomic E-state index is 12.7. The summed E-state index contributed by atoms with van der Waals surface area (Å²) in [6, 6.07) is 0.216. The molecule has 2 unspecified atom stereocenters. The number of amides is 1. The number of rotatable bonds is 9. The first-order valence-corrected chi connectivity index (χ1v) is 11.2. The zero-order valence-electron chi connectivity index (χ0n) is 17.4. The normalized spacial score (nSPS) is 25.0. The predicted molar refractivity (Wildman–Crippen MR) is 110 cm³/mol. The van der Waals surface area contributed by atoms with Crippen LogP contribution >= 0.6 is 0 Å². The second kappa shape index (κ2) is 11.0. The topological polar surface area (TPSA) is 86.2 Å². The first-order chi connectivity index (χ1) is 13.7. The van der Waals surface area contributed by atoms with Gasteiger partial charge in [-0.05, 0) is 44.9 Å². The van der Waals surface area contributed by atoms with E-state index in [2.05, 4.69) is 15.6 Å². The summed E-state index contributed by atoms with van der Waals surface area (Å²) < 4.78 is 5.54. The number of aliphatic hydroxyl groups excluding tert-OH is 1. The number of carbonyl (C=O) groups is 1. The van der Waals surface area contributed by atoms with Gasteiger partial charge in [-0.3, -0.25) is 9.79 Å². The fourth-order valence-corrected chi connectivity index (χ4v) is 4.10. The number of guanidine groups is 1. The van der Waals surface area contributed by atoms with Gasteiger partial charge in [-0.2, -0.15) is 0 Å². The molecule has 1 heterocycles. The highest BCUT2D eigenvalue weighted by molar-refractivity contribution is 5.81. The summed E-state index contributed by atoms with van der Waals surface area (Å²) in [5, 5.41) is 16.8. The van der Waals surface area contributed by atoms with Gasteiger partial charge in [0.2, 0.25) is 5.91 Å². The molecule has 160 valence electrons. The van der Waals surface area contributed by atoms with Crippen molar-refractivity contribution in [3.05, 3.63) is 0 Å². The highest BCUT2D eigenvalue weighted by atomic mass is 16.5. The summed E-state index contributed by atoms with van der Waals surface area (Å²) in [6.07, 6.45) is 8.63. The summed E-state index contributed by atoms with van der Waals surface area (Å²) in [7, 11) is 0. The Morgan fingerprint density at radius 1 is 1.21 bits per heavy atom. The minimum atomic E-state index is -0.581. The molecule has 7 nitrogen and oxygen atoms in total. The lowest BCUT2D eigenvalue weighted by atomic mass is 9.88. The van der Waals surface area contributed by atoms with E-state index in [1.54, 1.807) is 0 Å². The predicted octanol–water partition coefficient (Wildman–Crippen LogP) is 1.51. The molecule has 3 N–H and O–H groups in total. The highest BCUT2D eigenvalue weighted by Gasteiger charge is 2.31. The maximum Gasteiger partial charge on any atom is 0.225 e. The molecule has 7 heteroatoms. The average Bonchev–Trinajstić information content (AvgIpc) is 3.42. The molecule has 3 aliphatic rings. The number of nitrogens with zero attached hydrogens (tertiary/aromatic N) is 2. The van der Waals surface area contributed by atoms with E-state index in [9.17, 15) is 9.90 Å². The van der Waals surface area contributed by atoms with Gasteiger partial charge in [-0.15, -0.1) is 0 Å². The van der Waals surface area contributed by atoms with E-state index in [4.69, 9.17) is 4.74 Å². The van der Waals surface area contributed by atoms with E-state index in [1.807, 2.05) is 11.8 Å². The minimum Gasteiger partial charge on any atom is -0.389 e. The molecule has 0 aromatic rings. The molecule has 3 fully saturated rings. The molecule has 0 bridgehead atoms. The van der Waals surface area contributed by atoms with Gasteiger partial charge in [0.15, 0.2) is 5.96 Å². The molecule has 2 atom stereocenters. The van der Waals surface area contributed by atoms with Gasteiger partial charge >= 0.3 is 0 Å². The number of ether oxygens (including phenoxy) is 1. The Hall–Kier alpha value is -1.34. The quantitative estimate of drug-likeness (QED) is 0.408. The summed E-state index contributed by atoms with van der Waals surface area (Å²) >= 11 is 0. The number of aliphatic hydroxyl groups is 1. The Morgan fingerprint density at radius 2 is 2.00 bits per heavy atom. The van der Waals surface area contributed by atoms with Crippen molar-refractivity contribution >= 4 is 11.9 Å². The average molecular weight is 395 g/mol. The zero-order valence-corrected chi connectivity index (χ0v) is 17.4. The number of aliphatic imine (C=N–C) groups is 1. The van der Waals surface area contributed by atoms with Crippen LogP contribution in [0.1, 0.15) is 58.3 Å². The van der Waals surface area contributed by atoms with Gasteiger partial charge in [-0.25, -0.2) is 0 Å². The summed E-state index contributed by atoms with van der Waals surface area (Å²) in [6.45, 7) is 5.77. The lowest BCUT2D eigenvalue weighted by molar-refractivity contribution is -0.135. The molecular weight excluding hydrogens is 356 g/mol. The van der Waals surface area contributed by atoms with Crippen LogP contribution in [0.5, 0.6) is 0 Å². The minimum absolute atomic E-state index is 0.216. The van der Waals surface area contributed by atoms with Crippen LogP contribution in [-0.4, -0.2) is 73.4 Å². The zero-order chi connectivity index (χ0) is 19.8. The molecule has 1 amide bonds. The molecule has 0 aromatic heterocycles. The maximum atomic E-state index is 12.7. The SMILES string of the molecule is CCNC(=NCC(O)COCC1CC1)NC1CCN(C(=O)C2CCCCC2)C1. The number of hydrogen-bond donors (Lipinski definition) is 3. The van der Waals surface area contributed by atoms with Crippen molar-refractivity contribution in [2.75, 3.05) is 39.4 Å². The Labute approximate surface area is 169 Å². The van der Waals surface area contributed by atoms with Crippen molar-refractivity contribution in [1.29, 1.82) is 0 Å². The summed E-state index contributed by atoms with van der Waals surface area (Å²) in [4.78, 5) is 19.3. The van der Waals surface area contributed by atoms with Gasteiger partial charge in [0, 0.05) is 38.2 Å². The van der Waals surface area contributed by atoms with E-state index in [1.165, 1.54) is 32.1 Å². The Bertz CT molecular complexity index is 518. The Morgan fingerprint density at radius 3 is 2.71 bits per heavy atom. The van der Waals surface area contributed by atoms with Gasteiger partial charge < -0.3 is 25.4 Å².